The quantitative estimate of drug-likeness (QED) is 0.760. The lowest BCUT2D eigenvalue weighted by Gasteiger charge is -2.12. The highest BCUT2D eigenvalue weighted by molar-refractivity contribution is 7.84. The van der Waals surface area contributed by atoms with Gasteiger partial charge in [0.25, 0.3) is 0 Å². The van der Waals surface area contributed by atoms with Crippen molar-refractivity contribution in [2.75, 3.05) is 19.4 Å². The van der Waals surface area contributed by atoms with Crippen LogP contribution >= 0.6 is 0 Å². The van der Waals surface area contributed by atoms with Gasteiger partial charge in [0.2, 0.25) is 0 Å². The number of nitrogens with one attached hydrogen (secondary N) is 1. The van der Waals surface area contributed by atoms with Crippen LogP contribution in [0.5, 0.6) is 5.75 Å². The summed E-state index contributed by atoms with van der Waals surface area (Å²) in [5, 5.41) is 3.42. The second-order valence-corrected chi connectivity index (χ2v) is 5.84. The summed E-state index contributed by atoms with van der Waals surface area (Å²) < 4.78 is 16.7. The third-order valence-electron chi connectivity index (χ3n) is 2.60. The first kappa shape index (κ1) is 14.7. The average molecular weight is 265 g/mol. The van der Waals surface area contributed by atoms with Gasteiger partial charge < -0.3 is 10.1 Å². The second-order valence-electron chi connectivity index (χ2n) is 4.04. The molecular weight excluding hydrogens is 246 g/mol. The maximum atomic E-state index is 11.2. The zero-order valence-corrected chi connectivity index (χ0v) is 11.6. The summed E-state index contributed by atoms with van der Waals surface area (Å²) in [6, 6.07) is 7.77. The van der Waals surface area contributed by atoms with Crippen molar-refractivity contribution in [2.45, 2.75) is 18.7 Å². The number of terminal acetylenes is 1. The fraction of sp³-hybridized carbons (Fsp3) is 0.429. The summed E-state index contributed by atoms with van der Waals surface area (Å²) in [6.07, 6.45) is 6.89. The molecule has 4 heteroatoms. The molecule has 0 saturated heterocycles. The number of rotatable bonds is 7. The Morgan fingerprint density at radius 2 is 2.22 bits per heavy atom. The molecule has 0 saturated carbocycles. The van der Waals surface area contributed by atoms with Crippen LogP contribution in [-0.4, -0.2) is 28.9 Å². The summed E-state index contributed by atoms with van der Waals surface area (Å²) in [6.45, 7) is 3.63. The molecule has 0 aromatic heterocycles. The molecule has 0 amide bonds. The minimum absolute atomic E-state index is 0.142. The largest absolute Gasteiger partial charge is 0.481 e. The first-order valence-corrected chi connectivity index (χ1v) is 7.44. The van der Waals surface area contributed by atoms with E-state index in [-0.39, 0.29) is 11.9 Å². The highest BCUT2D eigenvalue weighted by Gasteiger charge is 2.06. The van der Waals surface area contributed by atoms with Crippen molar-refractivity contribution in [2.24, 2.45) is 0 Å². The molecule has 98 valence electrons. The van der Waals surface area contributed by atoms with Gasteiger partial charge in [-0.05, 0) is 13.0 Å². The van der Waals surface area contributed by atoms with Crippen LogP contribution in [0.3, 0.4) is 0 Å². The number of benzene rings is 1. The Bertz CT molecular complexity index is 440. The van der Waals surface area contributed by atoms with Crippen molar-refractivity contribution in [3.63, 3.8) is 0 Å². The van der Waals surface area contributed by atoms with Crippen LogP contribution in [0.4, 0.5) is 0 Å². The molecule has 0 fully saturated rings. The lowest BCUT2D eigenvalue weighted by atomic mass is 10.2. The van der Waals surface area contributed by atoms with Gasteiger partial charge in [-0.1, -0.05) is 24.1 Å². The summed E-state index contributed by atoms with van der Waals surface area (Å²) in [5.74, 6) is 3.25. The Balaban J connectivity index is 2.51. The Labute approximate surface area is 111 Å². The van der Waals surface area contributed by atoms with E-state index in [1.165, 1.54) is 0 Å². The number of hydrogen-bond donors (Lipinski definition) is 1. The van der Waals surface area contributed by atoms with Gasteiger partial charge in [-0.3, -0.25) is 4.21 Å². The van der Waals surface area contributed by atoms with Gasteiger partial charge in [-0.25, -0.2) is 0 Å². The molecular formula is C14H19NO2S. The van der Waals surface area contributed by atoms with E-state index < -0.39 is 10.8 Å². The van der Waals surface area contributed by atoms with Crippen molar-refractivity contribution >= 4 is 10.8 Å². The number of ether oxygens (including phenoxy) is 1. The Morgan fingerprint density at radius 3 is 2.89 bits per heavy atom. The lowest BCUT2D eigenvalue weighted by molar-refractivity contribution is 0.365. The molecule has 0 heterocycles. The standard InChI is InChI=1S/C14H19NO2S/c1-4-9-17-14-8-6-5-7-13(14)11-15-10-12(2)18(3)16/h1,5-8,12,15H,9-11H2,2-3H3. The van der Waals surface area contributed by atoms with Gasteiger partial charge in [0.15, 0.2) is 0 Å². The third-order valence-corrected chi connectivity index (χ3v) is 3.90. The van der Waals surface area contributed by atoms with Crippen LogP contribution in [0, 0.1) is 12.3 Å². The molecule has 0 spiro atoms. The molecule has 0 bridgehead atoms. The van der Waals surface area contributed by atoms with Crippen molar-refractivity contribution < 1.29 is 8.95 Å². The third kappa shape index (κ3) is 4.91. The van der Waals surface area contributed by atoms with Crippen molar-refractivity contribution in [1.82, 2.24) is 5.32 Å². The van der Waals surface area contributed by atoms with Gasteiger partial charge >= 0.3 is 0 Å². The highest BCUT2D eigenvalue weighted by Crippen LogP contribution is 2.17. The molecule has 2 unspecified atom stereocenters. The summed E-state index contributed by atoms with van der Waals surface area (Å²) in [4.78, 5) is 0. The lowest BCUT2D eigenvalue weighted by Crippen LogP contribution is -2.27. The summed E-state index contributed by atoms with van der Waals surface area (Å²) in [5.41, 5.74) is 1.06. The molecule has 0 aliphatic carbocycles. The molecule has 18 heavy (non-hydrogen) atoms. The first-order chi connectivity index (χ1) is 8.65. The normalized spacial score (nSPS) is 13.6. The molecule has 0 radical (unpaired) electrons. The topological polar surface area (TPSA) is 38.3 Å². The fourth-order valence-electron chi connectivity index (χ4n) is 1.44. The van der Waals surface area contributed by atoms with Crippen LogP contribution in [0.2, 0.25) is 0 Å². The van der Waals surface area contributed by atoms with Gasteiger partial charge in [0.05, 0.1) is 0 Å². The predicted molar refractivity (Wildman–Crippen MR) is 76.0 cm³/mol. The van der Waals surface area contributed by atoms with E-state index >= 15 is 0 Å². The fourth-order valence-corrected chi connectivity index (χ4v) is 1.79. The van der Waals surface area contributed by atoms with Gasteiger partial charge in [-0.2, -0.15) is 0 Å². The van der Waals surface area contributed by atoms with E-state index in [2.05, 4.69) is 11.2 Å². The second kappa shape index (κ2) is 7.91. The molecule has 1 aromatic carbocycles. The molecule has 3 nitrogen and oxygen atoms in total. The summed E-state index contributed by atoms with van der Waals surface area (Å²) in [7, 11) is -0.799. The van der Waals surface area contributed by atoms with Crippen LogP contribution in [0.1, 0.15) is 12.5 Å². The molecule has 1 rings (SSSR count). The van der Waals surface area contributed by atoms with Gasteiger partial charge in [-0.15, -0.1) is 6.42 Å². The predicted octanol–water partition coefficient (Wildman–Crippen LogP) is 1.56. The summed E-state index contributed by atoms with van der Waals surface area (Å²) >= 11 is 0. The van der Waals surface area contributed by atoms with Crippen molar-refractivity contribution in [1.29, 1.82) is 0 Å². The molecule has 0 aliphatic heterocycles. The molecule has 1 aromatic rings. The highest BCUT2D eigenvalue weighted by atomic mass is 32.2. The van der Waals surface area contributed by atoms with Crippen molar-refractivity contribution in [3.05, 3.63) is 29.8 Å². The van der Waals surface area contributed by atoms with E-state index in [9.17, 15) is 4.21 Å². The first-order valence-electron chi connectivity index (χ1n) is 5.82. The average Bonchev–Trinajstić information content (AvgIpc) is 2.37. The smallest absolute Gasteiger partial charge is 0.148 e. The monoisotopic (exact) mass is 265 g/mol. The SMILES string of the molecule is C#CCOc1ccccc1CNCC(C)S(C)=O. The van der Waals surface area contributed by atoms with Crippen molar-refractivity contribution in [3.8, 4) is 18.1 Å². The number of hydrogen-bond acceptors (Lipinski definition) is 3. The van der Waals surface area contributed by atoms with E-state index in [1.807, 2.05) is 31.2 Å². The Kier molecular flexibility index (Phi) is 6.48. The zero-order valence-electron chi connectivity index (χ0n) is 10.8. The maximum absolute atomic E-state index is 11.2. The van der Waals surface area contributed by atoms with E-state index in [0.717, 1.165) is 11.3 Å². The van der Waals surface area contributed by atoms with E-state index in [4.69, 9.17) is 11.2 Å². The number of para-hydroxylation sites is 1. The van der Waals surface area contributed by atoms with Crippen LogP contribution < -0.4 is 10.1 Å². The maximum Gasteiger partial charge on any atom is 0.148 e. The van der Waals surface area contributed by atoms with E-state index in [0.29, 0.717) is 13.1 Å². The van der Waals surface area contributed by atoms with Crippen LogP contribution in [0.25, 0.3) is 0 Å². The Hall–Kier alpha value is -1.31. The van der Waals surface area contributed by atoms with Gasteiger partial charge in [0.1, 0.15) is 12.4 Å². The molecule has 2 atom stereocenters. The minimum Gasteiger partial charge on any atom is -0.481 e. The van der Waals surface area contributed by atoms with Gasteiger partial charge in [0, 0.05) is 41.0 Å². The minimum atomic E-state index is -0.799. The zero-order chi connectivity index (χ0) is 13.4. The van der Waals surface area contributed by atoms with E-state index in [1.54, 1.807) is 6.26 Å². The molecule has 0 aliphatic rings. The molecule has 1 N–H and O–H groups in total. The van der Waals surface area contributed by atoms with Crippen LogP contribution in [-0.2, 0) is 17.3 Å². The van der Waals surface area contributed by atoms with Crippen LogP contribution in [0.15, 0.2) is 24.3 Å². The Morgan fingerprint density at radius 1 is 1.50 bits per heavy atom.